The van der Waals surface area contributed by atoms with Gasteiger partial charge in [-0.3, -0.25) is 0 Å². The maximum atomic E-state index is 5.90. The Balaban J connectivity index is 2.31. The van der Waals surface area contributed by atoms with E-state index < -0.39 is 0 Å². The van der Waals surface area contributed by atoms with E-state index in [1.807, 2.05) is 13.0 Å². The first-order valence-electron chi connectivity index (χ1n) is 6.03. The standard InChI is InChI=1S/C14H17IO2/c1-3-5-10-8-11-9-12(15)6-7-13(11)17-14(10)16-4-2/h6-9,14H,3-5H2,1-2H3. The van der Waals surface area contributed by atoms with Gasteiger partial charge in [-0.1, -0.05) is 13.3 Å². The predicted octanol–water partition coefficient (Wildman–Crippen LogP) is 4.23. The lowest BCUT2D eigenvalue weighted by molar-refractivity contribution is -0.0517. The molecule has 2 rings (SSSR count). The highest BCUT2D eigenvalue weighted by atomic mass is 127. The van der Waals surface area contributed by atoms with Crippen molar-refractivity contribution in [3.8, 4) is 5.75 Å². The van der Waals surface area contributed by atoms with Gasteiger partial charge in [0, 0.05) is 15.7 Å². The second kappa shape index (κ2) is 5.87. The molecule has 0 bridgehead atoms. The van der Waals surface area contributed by atoms with Crippen molar-refractivity contribution in [1.29, 1.82) is 0 Å². The van der Waals surface area contributed by atoms with Crippen LogP contribution in [-0.4, -0.2) is 12.9 Å². The highest BCUT2D eigenvalue weighted by molar-refractivity contribution is 14.1. The molecule has 92 valence electrons. The van der Waals surface area contributed by atoms with E-state index in [9.17, 15) is 0 Å². The number of benzene rings is 1. The van der Waals surface area contributed by atoms with Crippen LogP contribution in [0.4, 0.5) is 0 Å². The average molecular weight is 344 g/mol. The Labute approximate surface area is 116 Å². The van der Waals surface area contributed by atoms with Crippen molar-refractivity contribution in [2.24, 2.45) is 0 Å². The first-order chi connectivity index (χ1) is 8.24. The van der Waals surface area contributed by atoms with Crippen LogP contribution in [-0.2, 0) is 4.74 Å². The van der Waals surface area contributed by atoms with Gasteiger partial charge in [-0.05, 0) is 65.8 Å². The van der Waals surface area contributed by atoms with Crippen molar-refractivity contribution in [3.63, 3.8) is 0 Å². The summed E-state index contributed by atoms with van der Waals surface area (Å²) in [5.41, 5.74) is 2.40. The summed E-state index contributed by atoms with van der Waals surface area (Å²) >= 11 is 2.32. The normalized spacial score (nSPS) is 18.3. The summed E-state index contributed by atoms with van der Waals surface area (Å²) < 4.78 is 12.8. The van der Waals surface area contributed by atoms with Crippen LogP contribution in [0.2, 0.25) is 0 Å². The quantitative estimate of drug-likeness (QED) is 0.761. The number of rotatable bonds is 4. The molecule has 0 radical (unpaired) electrons. The molecule has 2 nitrogen and oxygen atoms in total. The molecule has 1 aliphatic heterocycles. The van der Waals surface area contributed by atoms with Crippen LogP contribution < -0.4 is 4.74 Å². The van der Waals surface area contributed by atoms with Gasteiger partial charge in [0.1, 0.15) is 5.75 Å². The predicted molar refractivity (Wildman–Crippen MR) is 78.1 cm³/mol. The number of halogens is 1. The second-order valence-corrected chi connectivity index (χ2v) is 5.30. The van der Waals surface area contributed by atoms with Crippen molar-refractivity contribution in [2.75, 3.05) is 6.61 Å². The SMILES string of the molecule is CCCC1=Cc2cc(I)ccc2OC1OCC. The number of hydrogen-bond acceptors (Lipinski definition) is 2. The number of hydrogen-bond donors (Lipinski definition) is 0. The minimum absolute atomic E-state index is 0.201. The molecule has 0 saturated carbocycles. The van der Waals surface area contributed by atoms with Crippen molar-refractivity contribution in [3.05, 3.63) is 32.9 Å². The van der Waals surface area contributed by atoms with Crippen LogP contribution in [0.5, 0.6) is 5.75 Å². The van der Waals surface area contributed by atoms with E-state index in [0.717, 1.165) is 24.2 Å². The first kappa shape index (κ1) is 12.9. The largest absolute Gasteiger partial charge is 0.460 e. The smallest absolute Gasteiger partial charge is 0.223 e. The molecule has 1 aromatic rings. The molecule has 0 fully saturated rings. The zero-order valence-corrected chi connectivity index (χ0v) is 12.4. The maximum Gasteiger partial charge on any atom is 0.223 e. The van der Waals surface area contributed by atoms with E-state index in [2.05, 4.69) is 47.7 Å². The Morgan fingerprint density at radius 2 is 2.18 bits per heavy atom. The molecule has 1 atom stereocenters. The van der Waals surface area contributed by atoms with Gasteiger partial charge in [-0.15, -0.1) is 0 Å². The Morgan fingerprint density at radius 3 is 2.88 bits per heavy atom. The van der Waals surface area contributed by atoms with Crippen LogP contribution in [0, 0.1) is 3.57 Å². The fraction of sp³-hybridized carbons (Fsp3) is 0.429. The summed E-state index contributed by atoms with van der Waals surface area (Å²) in [5.74, 6) is 0.920. The van der Waals surface area contributed by atoms with Crippen molar-refractivity contribution < 1.29 is 9.47 Å². The summed E-state index contributed by atoms with van der Waals surface area (Å²) in [5, 5.41) is 0. The van der Waals surface area contributed by atoms with E-state index in [1.165, 1.54) is 9.14 Å². The van der Waals surface area contributed by atoms with E-state index in [4.69, 9.17) is 9.47 Å². The Hall–Kier alpha value is -0.550. The molecule has 0 N–H and O–H groups in total. The Morgan fingerprint density at radius 1 is 1.35 bits per heavy atom. The Kier molecular flexibility index (Phi) is 4.45. The molecule has 1 heterocycles. The van der Waals surface area contributed by atoms with Crippen molar-refractivity contribution in [1.82, 2.24) is 0 Å². The lowest BCUT2D eigenvalue weighted by Crippen LogP contribution is -2.26. The Bertz CT molecular complexity index is 426. The molecule has 1 aromatic carbocycles. The van der Waals surface area contributed by atoms with Gasteiger partial charge >= 0.3 is 0 Å². The van der Waals surface area contributed by atoms with Crippen LogP contribution in [0.3, 0.4) is 0 Å². The van der Waals surface area contributed by atoms with Gasteiger partial charge < -0.3 is 9.47 Å². The van der Waals surface area contributed by atoms with E-state index in [-0.39, 0.29) is 6.29 Å². The second-order valence-electron chi connectivity index (χ2n) is 4.06. The van der Waals surface area contributed by atoms with Gasteiger partial charge in [0.15, 0.2) is 0 Å². The van der Waals surface area contributed by atoms with Crippen LogP contribution >= 0.6 is 22.6 Å². The van der Waals surface area contributed by atoms with Gasteiger partial charge in [0.2, 0.25) is 6.29 Å². The summed E-state index contributed by atoms with van der Waals surface area (Å²) in [6.45, 7) is 4.84. The molecule has 0 spiro atoms. The third-order valence-electron chi connectivity index (χ3n) is 2.71. The summed E-state index contributed by atoms with van der Waals surface area (Å²) in [7, 11) is 0. The molecule has 0 aromatic heterocycles. The van der Waals surface area contributed by atoms with E-state index in [0.29, 0.717) is 6.61 Å². The summed E-state index contributed by atoms with van der Waals surface area (Å²) in [6, 6.07) is 6.22. The lowest BCUT2D eigenvalue weighted by Gasteiger charge is -2.27. The van der Waals surface area contributed by atoms with Gasteiger partial charge in [-0.25, -0.2) is 0 Å². The minimum atomic E-state index is -0.201. The van der Waals surface area contributed by atoms with E-state index >= 15 is 0 Å². The molecule has 1 unspecified atom stereocenters. The van der Waals surface area contributed by atoms with Crippen LogP contribution in [0.1, 0.15) is 32.3 Å². The highest BCUT2D eigenvalue weighted by Crippen LogP contribution is 2.32. The van der Waals surface area contributed by atoms with Crippen LogP contribution in [0.25, 0.3) is 6.08 Å². The third kappa shape index (κ3) is 3.01. The topological polar surface area (TPSA) is 18.5 Å². The molecule has 17 heavy (non-hydrogen) atoms. The molecule has 1 aliphatic rings. The zero-order valence-electron chi connectivity index (χ0n) is 10.2. The summed E-state index contributed by atoms with van der Waals surface area (Å²) in [4.78, 5) is 0. The lowest BCUT2D eigenvalue weighted by atomic mass is 10.0. The van der Waals surface area contributed by atoms with Crippen LogP contribution in [0.15, 0.2) is 23.8 Å². The molecular formula is C14H17IO2. The van der Waals surface area contributed by atoms with Gasteiger partial charge in [-0.2, -0.15) is 0 Å². The number of fused-ring (bicyclic) bond motifs is 1. The average Bonchev–Trinajstić information content (AvgIpc) is 2.31. The van der Waals surface area contributed by atoms with Gasteiger partial charge in [0.05, 0.1) is 0 Å². The van der Waals surface area contributed by atoms with E-state index in [1.54, 1.807) is 0 Å². The fourth-order valence-electron chi connectivity index (χ4n) is 1.97. The monoisotopic (exact) mass is 344 g/mol. The third-order valence-corrected chi connectivity index (χ3v) is 3.38. The molecular weight excluding hydrogens is 327 g/mol. The molecule has 0 saturated heterocycles. The number of ether oxygens (including phenoxy) is 2. The maximum absolute atomic E-state index is 5.90. The highest BCUT2D eigenvalue weighted by Gasteiger charge is 2.22. The van der Waals surface area contributed by atoms with Crippen molar-refractivity contribution >= 4 is 28.7 Å². The fourth-order valence-corrected chi connectivity index (χ4v) is 2.48. The zero-order chi connectivity index (χ0) is 12.3. The molecule has 3 heteroatoms. The summed E-state index contributed by atoms with van der Waals surface area (Å²) in [6.07, 6.45) is 4.14. The first-order valence-corrected chi connectivity index (χ1v) is 7.10. The van der Waals surface area contributed by atoms with Crippen molar-refractivity contribution in [2.45, 2.75) is 33.0 Å². The molecule has 0 aliphatic carbocycles. The minimum Gasteiger partial charge on any atom is -0.460 e. The molecule has 0 amide bonds. The van der Waals surface area contributed by atoms with Gasteiger partial charge in [0.25, 0.3) is 0 Å².